The summed E-state index contributed by atoms with van der Waals surface area (Å²) in [5, 5.41) is 3.81. The van der Waals surface area contributed by atoms with Crippen LogP contribution in [0.4, 0.5) is 0 Å². The first kappa shape index (κ1) is 15.9. The number of amides is 2. The highest BCUT2D eigenvalue weighted by molar-refractivity contribution is 5.84. The highest BCUT2D eigenvalue weighted by Crippen LogP contribution is 2.40. The van der Waals surface area contributed by atoms with E-state index >= 15 is 0 Å². The number of rotatable bonds is 4. The summed E-state index contributed by atoms with van der Waals surface area (Å²) in [6.45, 7) is 5.01. The molecule has 3 heterocycles. The van der Waals surface area contributed by atoms with E-state index in [4.69, 9.17) is 10.3 Å². The molecule has 2 aliphatic rings. The van der Waals surface area contributed by atoms with Crippen LogP contribution in [0, 0.1) is 12.3 Å². The number of nitrogens with two attached hydrogens (primary N) is 1. The number of carbonyl (C=O) groups is 2. The monoisotopic (exact) mass is 321 g/mol. The third kappa shape index (κ3) is 3.69. The van der Waals surface area contributed by atoms with E-state index in [0.29, 0.717) is 31.2 Å². The van der Waals surface area contributed by atoms with Crippen molar-refractivity contribution in [3.05, 3.63) is 11.7 Å². The minimum Gasteiger partial charge on any atom is -0.368 e. The zero-order valence-electron chi connectivity index (χ0n) is 13.5. The van der Waals surface area contributed by atoms with Crippen LogP contribution in [0.25, 0.3) is 0 Å². The van der Waals surface area contributed by atoms with Gasteiger partial charge in [-0.1, -0.05) is 5.16 Å². The lowest BCUT2D eigenvalue weighted by atomic mass is 9.72. The minimum absolute atomic E-state index is 0.0333. The molecule has 3 rings (SSSR count). The quantitative estimate of drug-likeness (QED) is 0.841. The number of hydrogen-bond acceptors (Lipinski definition) is 6. The Hall–Kier alpha value is -1.96. The summed E-state index contributed by atoms with van der Waals surface area (Å²) in [6.07, 6.45) is 3.41. The largest absolute Gasteiger partial charge is 0.368 e. The molecule has 8 nitrogen and oxygen atoms in total. The normalized spacial score (nSPS) is 21.8. The molecule has 0 aliphatic carbocycles. The van der Waals surface area contributed by atoms with Crippen molar-refractivity contribution in [3.63, 3.8) is 0 Å². The van der Waals surface area contributed by atoms with Crippen molar-refractivity contribution in [1.82, 2.24) is 19.9 Å². The number of nitrogens with zero attached hydrogens (tertiary/aromatic N) is 4. The second-order valence-electron chi connectivity index (χ2n) is 6.73. The van der Waals surface area contributed by atoms with Crippen LogP contribution in [-0.4, -0.2) is 57.9 Å². The van der Waals surface area contributed by atoms with E-state index in [9.17, 15) is 9.59 Å². The fourth-order valence-electron chi connectivity index (χ4n) is 3.62. The first-order valence-electron chi connectivity index (χ1n) is 8.03. The lowest BCUT2D eigenvalue weighted by molar-refractivity contribution is -0.142. The van der Waals surface area contributed by atoms with Crippen molar-refractivity contribution in [2.75, 3.05) is 26.2 Å². The Morgan fingerprint density at radius 2 is 2.09 bits per heavy atom. The number of aromatic nitrogens is 2. The van der Waals surface area contributed by atoms with E-state index in [1.807, 2.05) is 6.92 Å². The van der Waals surface area contributed by atoms with Crippen LogP contribution in [-0.2, 0) is 16.1 Å². The van der Waals surface area contributed by atoms with Crippen molar-refractivity contribution in [1.29, 1.82) is 0 Å². The Balaban J connectivity index is 1.56. The maximum absolute atomic E-state index is 11.9. The van der Waals surface area contributed by atoms with E-state index in [-0.39, 0.29) is 17.9 Å². The number of carbonyl (C=O) groups excluding carboxylic acids is 2. The maximum atomic E-state index is 11.9. The van der Waals surface area contributed by atoms with Crippen molar-refractivity contribution in [2.24, 2.45) is 11.1 Å². The predicted octanol–water partition coefficient (Wildman–Crippen LogP) is 0.0679. The second-order valence-corrected chi connectivity index (χ2v) is 6.73. The molecule has 0 saturated carbocycles. The van der Waals surface area contributed by atoms with Gasteiger partial charge in [-0.3, -0.25) is 14.5 Å². The summed E-state index contributed by atoms with van der Waals surface area (Å²) < 4.78 is 5.17. The molecule has 2 aliphatic heterocycles. The lowest BCUT2D eigenvalue weighted by Gasteiger charge is -2.47. The summed E-state index contributed by atoms with van der Waals surface area (Å²) in [4.78, 5) is 31.2. The summed E-state index contributed by atoms with van der Waals surface area (Å²) >= 11 is 0. The minimum atomic E-state index is -0.445. The number of likely N-dealkylation sites (tertiary alicyclic amines) is 2. The highest BCUT2D eigenvalue weighted by atomic mass is 16.5. The molecule has 2 amide bonds. The van der Waals surface area contributed by atoms with Gasteiger partial charge < -0.3 is 15.2 Å². The Bertz CT molecular complexity index is 592. The molecule has 2 saturated heterocycles. The van der Waals surface area contributed by atoms with Crippen molar-refractivity contribution in [3.8, 4) is 0 Å². The van der Waals surface area contributed by atoms with E-state index in [0.717, 1.165) is 32.4 Å². The summed E-state index contributed by atoms with van der Waals surface area (Å²) in [7, 11) is 0. The van der Waals surface area contributed by atoms with Gasteiger partial charge in [0.1, 0.15) is 0 Å². The fraction of sp³-hybridized carbons (Fsp3) is 0.733. The van der Waals surface area contributed by atoms with Gasteiger partial charge in [0.25, 0.3) is 0 Å². The molecule has 0 unspecified atom stereocenters. The number of hydrogen-bond donors (Lipinski definition) is 1. The SMILES string of the molecule is Cc1noc(CN2CCC3(CCC(=O)N(CC(N)=O)C3)CC2)n1. The first-order valence-corrected chi connectivity index (χ1v) is 8.03. The summed E-state index contributed by atoms with van der Waals surface area (Å²) in [5.74, 6) is 0.895. The van der Waals surface area contributed by atoms with Gasteiger partial charge in [-0.25, -0.2) is 0 Å². The van der Waals surface area contributed by atoms with Gasteiger partial charge in [0.05, 0.1) is 13.1 Å². The van der Waals surface area contributed by atoms with Crippen LogP contribution in [0.5, 0.6) is 0 Å². The smallest absolute Gasteiger partial charge is 0.240 e. The number of aryl methyl sites for hydroxylation is 1. The molecule has 0 atom stereocenters. The number of piperidine rings is 2. The number of primary amides is 1. The van der Waals surface area contributed by atoms with Gasteiger partial charge in [0.2, 0.25) is 17.7 Å². The Morgan fingerprint density at radius 3 is 2.70 bits per heavy atom. The molecule has 126 valence electrons. The van der Waals surface area contributed by atoms with Crippen molar-refractivity contribution >= 4 is 11.8 Å². The van der Waals surface area contributed by atoms with Crippen LogP contribution >= 0.6 is 0 Å². The molecular formula is C15H23N5O3. The third-order valence-electron chi connectivity index (χ3n) is 4.94. The molecule has 0 radical (unpaired) electrons. The van der Waals surface area contributed by atoms with Gasteiger partial charge in [-0.05, 0) is 44.7 Å². The standard InChI is InChI=1S/C15H23N5O3/c1-11-17-13(23-18-11)9-19-6-4-15(5-7-19)3-2-14(22)20(10-15)8-12(16)21/h2-10H2,1H3,(H2,16,21). The topological polar surface area (TPSA) is 106 Å². The van der Waals surface area contributed by atoms with Gasteiger partial charge >= 0.3 is 0 Å². The molecule has 2 N–H and O–H groups in total. The van der Waals surface area contributed by atoms with Crippen LogP contribution in [0.1, 0.15) is 37.4 Å². The molecule has 0 aromatic carbocycles. The van der Waals surface area contributed by atoms with Gasteiger partial charge in [0, 0.05) is 13.0 Å². The average Bonchev–Trinajstić information content (AvgIpc) is 2.91. The average molecular weight is 321 g/mol. The molecule has 8 heteroatoms. The summed E-state index contributed by atoms with van der Waals surface area (Å²) in [6, 6.07) is 0. The van der Waals surface area contributed by atoms with E-state index < -0.39 is 5.91 Å². The van der Waals surface area contributed by atoms with E-state index in [2.05, 4.69) is 15.0 Å². The van der Waals surface area contributed by atoms with E-state index in [1.54, 1.807) is 4.90 Å². The highest BCUT2D eigenvalue weighted by Gasteiger charge is 2.41. The molecule has 1 spiro atoms. The molecule has 1 aromatic heterocycles. The molecule has 1 aromatic rings. The van der Waals surface area contributed by atoms with Crippen LogP contribution in [0.3, 0.4) is 0 Å². The van der Waals surface area contributed by atoms with Crippen molar-refractivity contribution < 1.29 is 14.1 Å². The molecule has 0 bridgehead atoms. The predicted molar refractivity (Wildman–Crippen MR) is 81.0 cm³/mol. The molecular weight excluding hydrogens is 298 g/mol. The second kappa shape index (κ2) is 6.27. The van der Waals surface area contributed by atoms with Crippen molar-refractivity contribution in [2.45, 2.75) is 39.2 Å². The van der Waals surface area contributed by atoms with Crippen LogP contribution in [0.15, 0.2) is 4.52 Å². The fourth-order valence-corrected chi connectivity index (χ4v) is 3.62. The Morgan fingerprint density at radius 1 is 1.35 bits per heavy atom. The maximum Gasteiger partial charge on any atom is 0.240 e. The zero-order chi connectivity index (χ0) is 16.4. The molecule has 2 fully saturated rings. The van der Waals surface area contributed by atoms with Gasteiger partial charge in [-0.15, -0.1) is 0 Å². The summed E-state index contributed by atoms with van der Waals surface area (Å²) in [5.41, 5.74) is 5.36. The van der Waals surface area contributed by atoms with Gasteiger partial charge in [-0.2, -0.15) is 4.98 Å². The van der Waals surface area contributed by atoms with Gasteiger partial charge in [0.15, 0.2) is 5.82 Å². The molecule has 23 heavy (non-hydrogen) atoms. The zero-order valence-corrected chi connectivity index (χ0v) is 13.5. The first-order chi connectivity index (χ1) is 11.0. The third-order valence-corrected chi connectivity index (χ3v) is 4.94. The Labute approximate surface area is 135 Å². The van der Waals surface area contributed by atoms with E-state index in [1.165, 1.54) is 0 Å². The van der Waals surface area contributed by atoms with Crippen LogP contribution < -0.4 is 5.73 Å². The van der Waals surface area contributed by atoms with Crippen LogP contribution in [0.2, 0.25) is 0 Å². The lowest BCUT2D eigenvalue weighted by Crippen LogP contribution is -2.53. The Kier molecular flexibility index (Phi) is 4.34.